The Morgan fingerprint density at radius 3 is 2.38 bits per heavy atom. The molecule has 1 unspecified atom stereocenters. The second-order valence-corrected chi connectivity index (χ2v) is 3.78. The van der Waals surface area contributed by atoms with Crippen molar-refractivity contribution in [2.24, 2.45) is 11.7 Å². The van der Waals surface area contributed by atoms with Crippen LogP contribution < -0.4 is 5.73 Å². The van der Waals surface area contributed by atoms with Gasteiger partial charge in [0.25, 0.3) is 0 Å². The standard InChI is InChI=1S/C11H16ClN/c1-2-9(8-13)7-10-3-5-11(12)6-4-10/h3-6,9H,2,7-8,13H2,1H3. The summed E-state index contributed by atoms with van der Waals surface area (Å²) in [5, 5.41) is 0.796. The van der Waals surface area contributed by atoms with Gasteiger partial charge in [-0.1, -0.05) is 37.1 Å². The van der Waals surface area contributed by atoms with Gasteiger partial charge in [-0.25, -0.2) is 0 Å². The predicted molar refractivity (Wildman–Crippen MR) is 58.0 cm³/mol. The molecule has 2 heteroatoms. The third kappa shape index (κ3) is 3.37. The maximum atomic E-state index is 5.79. The third-order valence-electron chi connectivity index (χ3n) is 2.35. The Bertz CT molecular complexity index is 239. The second-order valence-electron chi connectivity index (χ2n) is 3.34. The molecule has 0 aliphatic rings. The van der Waals surface area contributed by atoms with E-state index in [-0.39, 0.29) is 0 Å². The average Bonchev–Trinajstić information content (AvgIpc) is 2.17. The number of halogens is 1. The van der Waals surface area contributed by atoms with Gasteiger partial charge >= 0.3 is 0 Å². The fourth-order valence-electron chi connectivity index (χ4n) is 1.35. The lowest BCUT2D eigenvalue weighted by atomic mass is 9.97. The fourth-order valence-corrected chi connectivity index (χ4v) is 1.47. The van der Waals surface area contributed by atoms with Crippen LogP contribution in [0.25, 0.3) is 0 Å². The first-order valence-electron chi connectivity index (χ1n) is 4.70. The van der Waals surface area contributed by atoms with Gasteiger partial charge in [0.15, 0.2) is 0 Å². The monoisotopic (exact) mass is 197 g/mol. The summed E-state index contributed by atoms with van der Waals surface area (Å²) in [6.45, 7) is 2.94. The van der Waals surface area contributed by atoms with Crippen LogP contribution in [0.5, 0.6) is 0 Å². The van der Waals surface area contributed by atoms with Gasteiger partial charge in [0, 0.05) is 5.02 Å². The topological polar surface area (TPSA) is 26.0 Å². The molecule has 0 amide bonds. The highest BCUT2D eigenvalue weighted by Gasteiger charge is 2.04. The van der Waals surface area contributed by atoms with Crippen LogP contribution in [-0.4, -0.2) is 6.54 Å². The fraction of sp³-hybridized carbons (Fsp3) is 0.455. The van der Waals surface area contributed by atoms with Crippen molar-refractivity contribution >= 4 is 11.6 Å². The van der Waals surface area contributed by atoms with Crippen LogP contribution in [0.15, 0.2) is 24.3 Å². The number of rotatable bonds is 4. The van der Waals surface area contributed by atoms with Gasteiger partial charge in [-0.15, -0.1) is 0 Å². The number of nitrogens with two attached hydrogens (primary N) is 1. The third-order valence-corrected chi connectivity index (χ3v) is 2.60. The SMILES string of the molecule is CCC(CN)Cc1ccc(Cl)cc1. The molecule has 0 saturated carbocycles. The van der Waals surface area contributed by atoms with Crippen molar-refractivity contribution in [1.82, 2.24) is 0 Å². The highest BCUT2D eigenvalue weighted by atomic mass is 35.5. The van der Waals surface area contributed by atoms with Gasteiger partial charge in [0.05, 0.1) is 0 Å². The first-order chi connectivity index (χ1) is 6.26. The van der Waals surface area contributed by atoms with E-state index in [9.17, 15) is 0 Å². The first-order valence-corrected chi connectivity index (χ1v) is 5.08. The highest BCUT2D eigenvalue weighted by Crippen LogP contribution is 2.14. The Morgan fingerprint density at radius 2 is 1.92 bits per heavy atom. The van der Waals surface area contributed by atoms with Crippen LogP contribution in [0, 0.1) is 5.92 Å². The molecule has 2 N–H and O–H groups in total. The Labute approximate surface area is 84.9 Å². The summed E-state index contributed by atoms with van der Waals surface area (Å²) < 4.78 is 0. The molecular formula is C11H16ClN. The number of hydrogen-bond acceptors (Lipinski definition) is 1. The molecule has 0 bridgehead atoms. The van der Waals surface area contributed by atoms with Crippen LogP contribution in [-0.2, 0) is 6.42 Å². The van der Waals surface area contributed by atoms with Gasteiger partial charge in [0.2, 0.25) is 0 Å². The van der Waals surface area contributed by atoms with Crippen LogP contribution in [0.1, 0.15) is 18.9 Å². The molecule has 1 atom stereocenters. The number of hydrogen-bond donors (Lipinski definition) is 1. The minimum Gasteiger partial charge on any atom is -0.330 e. The second kappa shape index (κ2) is 5.25. The van der Waals surface area contributed by atoms with Crippen LogP contribution in [0.2, 0.25) is 5.02 Å². The van der Waals surface area contributed by atoms with E-state index in [1.807, 2.05) is 12.1 Å². The minimum atomic E-state index is 0.598. The van der Waals surface area contributed by atoms with Crippen molar-refractivity contribution in [3.05, 3.63) is 34.9 Å². The summed E-state index contributed by atoms with van der Waals surface area (Å²) in [7, 11) is 0. The van der Waals surface area contributed by atoms with E-state index in [0.717, 1.165) is 24.4 Å². The summed E-state index contributed by atoms with van der Waals surface area (Å²) in [5.41, 5.74) is 6.96. The van der Waals surface area contributed by atoms with Gasteiger partial charge in [0.1, 0.15) is 0 Å². The maximum Gasteiger partial charge on any atom is 0.0406 e. The van der Waals surface area contributed by atoms with E-state index in [2.05, 4.69) is 19.1 Å². The van der Waals surface area contributed by atoms with Gasteiger partial charge in [-0.2, -0.15) is 0 Å². The van der Waals surface area contributed by atoms with E-state index < -0.39 is 0 Å². The Balaban J connectivity index is 2.58. The molecular weight excluding hydrogens is 182 g/mol. The van der Waals surface area contributed by atoms with Crippen LogP contribution >= 0.6 is 11.6 Å². The molecule has 0 spiro atoms. The molecule has 72 valence electrons. The average molecular weight is 198 g/mol. The Hall–Kier alpha value is -0.530. The van der Waals surface area contributed by atoms with E-state index in [1.165, 1.54) is 5.56 Å². The molecule has 1 rings (SSSR count). The van der Waals surface area contributed by atoms with Gasteiger partial charge in [-0.05, 0) is 36.6 Å². The highest BCUT2D eigenvalue weighted by molar-refractivity contribution is 6.30. The normalized spacial score (nSPS) is 12.8. The van der Waals surface area contributed by atoms with Gasteiger partial charge < -0.3 is 5.73 Å². The molecule has 1 nitrogen and oxygen atoms in total. The molecule has 0 fully saturated rings. The zero-order valence-electron chi connectivity index (χ0n) is 7.96. The van der Waals surface area contributed by atoms with E-state index >= 15 is 0 Å². The number of benzene rings is 1. The summed E-state index contributed by atoms with van der Waals surface area (Å²) >= 11 is 5.79. The molecule has 1 aromatic carbocycles. The van der Waals surface area contributed by atoms with Crippen molar-refractivity contribution in [3.8, 4) is 0 Å². The lowest BCUT2D eigenvalue weighted by Gasteiger charge is -2.11. The lowest BCUT2D eigenvalue weighted by Crippen LogP contribution is -2.15. The zero-order chi connectivity index (χ0) is 9.68. The van der Waals surface area contributed by atoms with Crippen molar-refractivity contribution in [1.29, 1.82) is 0 Å². The maximum absolute atomic E-state index is 5.79. The molecule has 0 aromatic heterocycles. The van der Waals surface area contributed by atoms with Crippen LogP contribution in [0.3, 0.4) is 0 Å². The molecule has 0 aliphatic carbocycles. The van der Waals surface area contributed by atoms with Crippen LogP contribution in [0.4, 0.5) is 0 Å². The van der Waals surface area contributed by atoms with Crippen molar-refractivity contribution < 1.29 is 0 Å². The van der Waals surface area contributed by atoms with E-state index in [4.69, 9.17) is 17.3 Å². The summed E-state index contributed by atoms with van der Waals surface area (Å²) in [6, 6.07) is 8.00. The quantitative estimate of drug-likeness (QED) is 0.790. The van der Waals surface area contributed by atoms with E-state index in [0.29, 0.717) is 5.92 Å². The molecule has 13 heavy (non-hydrogen) atoms. The smallest absolute Gasteiger partial charge is 0.0406 e. The molecule has 0 heterocycles. The predicted octanol–water partition coefficient (Wildman–Crippen LogP) is 2.87. The van der Waals surface area contributed by atoms with Gasteiger partial charge in [-0.3, -0.25) is 0 Å². The van der Waals surface area contributed by atoms with Crippen molar-refractivity contribution in [2.75, 3.05) is 6.54 Å². The molecule has 0 saturated heterocycles. The molecule has 0 radical (unpaired) electrons. The Kier molecular flexibility index (Phi) is 4.26. The molecule has 1 aromatic rings. The van der Waals surface area contributed by atoms with Crippen molar-refractivity contribution in [3.63, 3.8) is 0 Å². The lowest BCUT2D eigenvalue weighted by molar-refractivity contribution is 0.519. The minimum absolute atomic E-state index is 0.598. The van der Waals surface area contributed by atoms with Crippen molar-refractivity contribution in [2.45, 2.75) is 19.8 Å². The largest absolute Gasteiger partial charge is 0.330 e. The first kappa shape index (κ1) is 10.6. The Morgan fingerprint density at radius 1 is 1.31 bits per heavy atom. The van der Waals surface area contributed by atoms with E-state index in [1.54, 1.807) is 0 Å². The molecule has 0 aliphatic heterocycles. The summed E-state index contributed by atoms with van der Waals surface area (Å²) in [6.07, 6.45) is 2.20. The zero-order valence-corrected chi connectivity index (χ0v) is 8.72. The summed E-state index contributed by atoms with van der Waals surface area (Å²) in [4.78, 5) is 0. The summed E-state index contributed by atoms with van der Waals surface area (Å²) in [5.74, 6) is 0.598.